The molecule has 1 aliphatic rings. The molecule has 0 saturated carbocycles. The maximum Gasteiger partial charge on any atom is 0.258 e. The summed E-state index contributed by atoms with van der Waals surface area (Å²) < 4.78 is 0. The highest BCUT2D eigenvalue weighted by molar-refractivity contribution is 6.07. The number of carbonyl (C=O) groups is 1. The lowest BCUT2D eigenvalue weighted by molar-refractivity contribution is 0.0960. The molecule has 30 heavy (non-hydrogen) atoms. The second-order valence-corrected chi connectivity index (χ2v) is 8.11. The largest absolute Gasteiger partial charge is 0.378 e. The van der Waals surface area contributed by atoms with E-state index in [-0.39, 0.29) is 23.9 Å². The number of amides is 1. The number of hydrogen-bond acceptors (Lipinski definition) is 2. The number of aryl methyl sites for hydroxylation is 1. The molecule has 1 aliphatic heterocycles. The first kappa shape index (κ1) is 20.2. The zero-order chi connectivity index (χ0) is 21.1. The zero-order valence-electron chi connectivity index (χ0n) is 18.0. The molecule has 154 valence electrons. The van der Waals surface area contributed by atoms with E-state index in [4.69, 9.17) is 0 Å². The first-order valence-corrected chi connectivity index (χ1v) is 11.0. The van der Waals surface area contributed by atoms with Crippen molar-refractivity contribution in [1.82, 2.24) is 0 Å². The topological polar surface area (TPSA) is 32.3 Å². The fourth-order valence-electron chi connectivity index (χ4n) is 4.65. The lowest BCUT2D eigenvalue weighted by Gasteiger charge is -2.45. The van der Waals surface area contributed by atoms with Gasteiger partial charge in [-0.3, -0.25) is 4.79 Å². The first-order chi connectivity index (χ1) is 14.6. The van der Waals surface area contributed by atoms with Crippen molar-refractivity contribution in [2.75, 3.05) is 10.2 Å². The highest BCUT2D eigenvalue weighted by Crippen LogP contribution is 2.43. The van der Waals surface area contributed by atoms with Gasteiger partial charge in [-0.15, -0.1) is 0 Å². The number of benzene rings is 3. The third-order valence-electron chi connectivity index (χ3n) is 6.34. The number of anilines is 2. The van der Waals surface area contributed by atoms with Gasteiger partial charge in [0.1, 0.15) is 0 Å². The van der Waals surface area contributed by atoms with Crippen LogP contribution < -0.4 is 10.2 Å². The van der Waals surface area contributed by atoms with Crippen molar-refractivity contribution in [3.63, 3.8) is 0 Å². The Balaban J connectivity index is 1.74. The van der Waals surface area contributed by atoms with Crippen LogP contribution in [0, 0.1) is 5.92 Å². The van der Waals surface area contributed by atoms with E-state index < -0.39 is 0 Å². The number of rotatable bonds is 5. The number of carbonyl (C=O) groups excluding carboxylic acids is 1. The highest BCUT2D eigenvalue weighted by Gasteiger charge is 2.40. The lowest BCUT2D eigenvalue weighted by atomic mass is 9.80. The van der Waals surface area contributed by atoms with Crippen LogP contribution in [0.5, 0.6) is 0 Å². The minimum atomic E-state index is 0.0852. The quantitative estimate of drug-likeness (QED) is 0.534. The Morgan fingerprint density at radius 3 is 2.23 bits per heavy atom. The molecule has 3 atom stereocenters. The number of fused-ring (bicyclic) bond motifs is 1. The molecule has 0 saturated heterocycles. The van der Waals surface area contributed by atoms with E-state index in [9.17, 15) is 4.79 Å². The van der Waals surface area contributed by atoms with E-state index in [1.54, 1.807) is 0 Å². The van der Waals surface area contributed by atoms with Gasteiger partial charge < -0.3 is 10.2 Å². The maximum atomic E-state index is 13.6. The molecular weight excluding hydrogens is 368 g/mol. The van der Waals surface area contributed by atoms with Crippen molar-refractivity contribution in [1.29, 1.82) is 0 Å². The van der Waals surface area contributed by atoms with Gasteiger partial charge in [-0.2, -0.15) is 0 Å². The molecule has 0 bridgehead atoms. The molecule has 1 amide bonds. The van der Waals surface area contributed by atoms with E-state index in [1.165, 1.54) is 11.1 Å². The van der Waals surface area contributed by atoms with Gasteiger partial charge >= 0.3 is 0 Å². The Morgan fingerprint density at radius 1 is 0.900 bits per heavy atom. The Morgan fingerprint density at radius 2 is 1.57 bits per heavy atom. The van der Waals surface area contributed by atoms with Crippen LogP contribution in [0.25, 0.3) is 0 Å². The Kier molecular flexibility index (Phi) is 5.89. The predicted molar refractivity (Wildman–Crippen MR) is 125 cm³/mol. The van der Waals surface area contributed by atoms with Gasteiger partial charge in [0.2, 0.25) is 0 Å². The van der Waals surface area contributed by atoms with Crippen molar-refractivity contribution < 1.29 is 4.79 Å². The molecule has 3 unspecified atom stereocenters. The van der Waals surface area contributed by atoms with Gasteiger partial charge in [0, 0.05) is 28.9 Å². The van der Waals surface area contributed by atoms with Crippen LogP contribution in [0.2, 0.25) is 0 Å². The molecule has 0 spiro atoms. The summed E-state index contributed by atoms with van der Waals surface area (Å²) in [6.07, 6.45) is 1.88. The van der Waals surface area contributed by atoms with Gasteiger partial charge in [0.05, 0.1) is 6.04 Å². The summed E-state index contributed by atoms with van der Waals surface area (Å²) in [5.74, 6) is 0.353. The number of para-hydroxylation sites is 2. The third kappa shape index (κ3) is 3.72. The molecule has 3 nitrogen and oxygen atoms in total. The monoisotopic (exact) mass is 398 g/mol. The molecule has 0 aliphatic carbocycles. The summed E-state index contributed by atoms with van der Waals surface area (Å²) in [6.45, 7) is 6.56. The van der Waals surface area contributed by atoms with Gasteiger partial charge in [-0.1, -0.05) is 69.3 Å². The Labute approximate surface area is 179 Å². The molecule has 3 heteroatoms. The van der Waals surface area contributed by atoms with E-state index in [0.29, 0.717) is 0 Å². The van der Waals surface area contributed by atoms with Crippen LogP contribution in [0.3, 0.4) is 0 Å². The summed E-state index contributed by atoms with van der Waals surface area (Å²) in [6, 6.07) is 27.0. The molecule has 0 aromatic heterocycles. The van der Waals surface area contributed by atoms with Crippen LogP contribution in [-0.4, -0.2) is 11.9 Å². The molecular formula is C27H30N2O. The van der Waals surface area contributed by atoms with Crippen LogP contribution in [0.1, 0.15) is 54.7 Å². The SMILES string of the molecule is CCc1ccc(C(=O)N2c3ccccc3C(Nc3ccccc3)C(C)C2CC)cc1. The molecule has 3 aromatic rings. The van der Waals surface area contributed by atoms with Gasteiger partial charge in [0.25, 0.3) is 5.91 Å². The minimum absolute atomic E-state index is 0.0852. The normalized spacial score (nSPS) is 20.5. The smallest absolute Gasteiger partial charge is 0.258 e. The number of nitrogens with zero attached hydrogens (tertiary/aromatic N) is 1. The van der Waals surface area contributed by atoms with Crippen LogP contribution in [0.4, 0.5) is 11.4 Å². The van der Waals surface area contributed by atoms with Crippen LogP contribution in [-0.2, 0) is 6.42 Å². The summed E-state index contributed by atoms with van der Waals surface area (Å²) in [4.78, 5) is 15.7. The van der Waals surface area contributed by atoms with Crippen molar-refractivity contribution in [2.24, 2.45) is 5.92 Å². The van der Waals surface area contributed by atoms with Crippen molar-refractivity contribution >= 4 is 17.3 Å². The Hall–Kier alpha value is -3.07. The zero-order valence-corrected chi connectivity index (χ0v) is 18.0. The van der Waals surface area contributed by atoms with Crippen LogP contribution in [0.15, 0.2) is 78.9 Å². The first-order valence-electron chi connectivity index (χ1n) is 11.0. The third-order valence-corrected chi connectivity index (χ3v) is 6.34. The van der Waals surface area contributed by atoms with Gasteiger partial charge in [0.15, 0.2) is 0 Å². The van der Waals surface area contributed by atoms with Crippen molar-refractivity contribution in [2.45, 2.75) is 45.7 Å². The fraction of sp³-hybridized carbons (Fsp3) is 0.296. The highest BCUT2D eigenvalue weighted by atomic mass is 16.2. The maximum absolute atomic E-state index is 13.6. The number of hydrogen-bond donors (Lipinski definition) is 1. The van der Waals surface area contributed by atoms with Crippen molar-refractivity contribution in [3.8, 4) is 0 Å². The van der Waals surface area contributed by atoms with Crippen molar-refractivity contribution in [3.05, 3.63) is 95.6 Å². The Bertz CT molecular complexity index is 997. The molecule has 0 fully saturated rings. The van der Waals surface area contributed by atoms with E-state index in [2.05, 4.69) is 80.7 Å². The lowest BCUT2D eigenvalue weighted by Crippen LogP contribution is -2.50. The molecule has 1 N–H and O–H groups in total. The minimum Gasteiger partial charge on any atom is -0.378 e. The molecule has 0 radical (unpaired) electrons. The van der Waals surface area contributed by atoms with Gasteiger partial charge in [-0.25, -0.2) is 0 Å². The standard InChI is InChI=1S/C27H30N2O/c1-4-20-15-17-21(18-16-20)27(30)29-24(5-2)19(3)26(23-13-9-10-14-25(23)29)28-22-11-7-6-8-12-22/h6-19,24,26,28H,4-5H2,1-3H3. The summed E-state index contributed by atoms with van der Waals surface area (Å²) in [5, 5.41) is 3.73. The van der Waals surface area contributed by atoms with E-state index in [0.717, 1.165) is 29.8 Å². The second-order valence-electron chi connectivity index (χ2n) is 8.11. The molecule has 1 heterocycles. The summed E-state index contributed by atoms with van der Waals surface area (Å²) in [5.41, 5.74) is 5.30. The van der Waals surface area contributed by atoms with E-state index in [1.807, 2.05) is 29.2 Å². The predicted octanol–water partition coefficient (Wildman–Crippen LogP) is 6.48. The molecule has 3 aromatic carbocycles. The molecule has 4 rings (SSSR count). The van der Waals surface area contributed by atoms with Gasteiger partial charge in [-0.05, 0) is 54.3 Å². The summed E-state index contributed by atoms with van der Waals surface area (Å²) >= 11 is 0. The van der Waals surface area contributed by atoms with E-state index >= 15 is 0 Å². The average molecular weight is 399 g/mol. The average Bonchev–Trinajstić information content (AvgIpc) is 2.80. The second kappa shape index (κ2) is 8.74. The van der Waals surface area contributed by atoms with Crippen LogP contribution >= 0.6 is 0 Å². The fourth-order valence-corrected chi connectivity index (χ4v) is 4.65. The number of nitrogens with one attached hydrogen (secondary N) is 1. The summed E-state index contributed by atoms with van der Waals surface area (Å²) in [7, 11) is 0.